The molecular formula is C11H21N3O3S. The Balaban J connectivity index is 2.47. The summed E-state index contributed by atoms with van der Waals surface area (Å²) in [6, 6.07) is 0. The topological polar surface area (TPSA) is 89.6 Å². The molecule has 0 aliphatic heterocycles. The first kappa shape index (κ1) is 15.0. The summed E-state index contributed by atoms with van der Waals surface area (Å²) in [6.07, 6.45) is 0.165. The number of nitrogens with one attached hydrogen (secondary N) is 1. The molecule has 1 atom stereocenters. The lowest BCUT2D eigenvalue weighted by Gasteiger charge is -2.13. The lowest BCUT2D eigenvalue weighted by Crippen LogP contribution is -2.18. The first-order valence-corrected chi connectivity index (χ1v) is 6.64. The van der Waals surface area contributed by atoms with Crippen LogP contribution in [0.1, 0.15) is 20.3 Å². The zero-order valence-electron chi connectivity index (χ0n) is 11.0. The molecule has 1 rings (SSSR count). The van der Waals surface area contributed by atoms with Crippen LogP contribution < -0.4 is 15.8 Å². The van der Waals surface area contributed by atoms with Crippen LogP contribution in [-0.2, 0) is 4.74 Å². The van der Waals surface area contributed by atoms with Crippen LogP contribution in [0.25, 0.3) is 0 Å². The Morgan fingerprint density at radius 1 is 1.50 bits per heavy atom. The van der Waals surface area contributed by atoms with Gasteiger partial charge in [-0.25, -0.2) is 0 Å². The second-order valence-corrected chi connectivity index (χ2v) is 4.99. The number of aliphatic hydroxyl groups is 1. The van der Waals surface area contributed by atoms with Gasteiger partial charge in [-0.05, 0) is 31.8 Å². The summed E-state index contributed by atoms with van der Waals surface area (Å²) in [5, 5.41) is 13.5. The largest absolute Gasteiger partial charge is 0.484 e. The Morgan fingerprint density at radius 2 is 2.22 bits per heavy atom. The summed E-state index contributed by atoms with van der Waals surface area (Å²) in [4.78, 5) is 0. The van der Waals surface area contributed by atoms with E-state index < -0.39 is 6.10 Å². The van der Waals surface area contributed by atoms with Crippen LogP contribution in [0.5, 0.6) is 5.75 Å². The molecule has 0 aliphatic rings. The number of nitrogens with zero attached hydrogens (tertiary/aromatic N) is 1. The van der Waals surface area contributed by atoms with Crippen LogP contribution in [0.3, 0.4) is 0 Å². The van der Waals surface area contributed by atoms with Gasteiger partial charge >= 0.3 is 0 Å². The van der Waals surface area contributed by atoms with Crippen molar-refractivity contribution in [2.75, 3.05) is 31.3 Å². The smallest absolute Gasteiger partial charge is 0.197 e. The molecule has 0 spiro atoms. The van der Waals surface area contributed by atoms with Crippen molar-refractivity contribution in [3.05, 3.63) is 0 Å². The zero-order valence-corrected chi connectivity index (χ0v) is 11.8. The van der Waals surface area contributed by atoms with Gasteiger partial charge in [0, 0.05) is 13.7 Å². The summed E-state index contributed by atoms with van der Waals surface area (Å²) in [5.41, 5.74) is 5.73. The fourth-order valence-electron chi connectivity index (χ4n) is 1.38. The lowest BCUT2D eigenvalue weighted by atomic mass is 10.3. The van der Waals surface area contributed by atoms with Gasteiger partial charge in [-0.1, -0.05) is 0 Å². The molecular weight excluding hydrogens is 254 g/mol. The fraction of sp³-hybridized carbons (Fsp3) is 0.727. The van der Waals surface area contributed by atoms with Crippen molar-refractivity contribution in [2.24, 2.45) is 0 Å². The van der Waals surface area contributed by atoms with E-state index in [1.807, 2.05) is 13.8 Å². The Labute approximate surface area is 111 Å². The molecule has 1 aromatic heterocycles. The summed E-state index contributed by atoms with van der Waals surface area (Å²) in [7, 11) is 1.56. The van der Waals surface area contributed by atoms with E-state index in [1.165, 1.54) is 11.5 Å². The predicted octanol–water partition coefficient (Wildman–Crippen LogP) is 1.32. The predicted molar refractivity (Wildman–Crippen MR) is 73.3 cm³/mol. The molecule has 6 nitrogen and oxygen atoms in total. The van der Waals surface area contributed by atoms with Gasteiger partial charge in [0.25, 0.3) is 0 Å². The van der Waals surface area contributed by atoms with Gasteiger partial charge in [-0.2, -0.15) is 4.37 Å². The number of hydrogen-bond donors (Lipinski definition) is 3. The van der Waals surface area contributed by atoms with E-state index in [-0.39, 0.29) is 6.10 Å². The average molecular weight is 275 g/mol. The van der Waals surface area contributed by atoms with Crippen molar-refractivity contribution >= 4 is 22.4 Å². The van der Waals surface area contributed by atoms with Gasteiger partial charge < -0.3 is 25.6 Å². The van der Waals surface area contributed by atoms with Gasteiger partial charge in [0.05, 0.1) is 18.8 Å². The molecule has 0 amide bonds. The highest BCUT2D eigenvalue weighted by Gasteiger charge is 2.14. The summed E-state index contributed by atoms with van der Waals surface area (Å²) < 4.78 is 14.5. The van der Waals surface area contributed by atoms with Crippen LogP contribution in [-0.4, -0.2) is 41.9 Å². The third-order valence-electron chi connectivity index (χ3n) is 2.15. The van der Waals surface area contributed by atoms with E-state index in [0.29, 0.717) is 31.1 Å². The van der Waals surface area contributed by atoms with Crippen molar-refractivity contribution in [3.63, 3.8) is 0 Å². The van der Waals surface area contributed by atoms with Crippen LogP contribution in [0, 0.1) is 0 Å². The number of anilines is 2. The number of aromatic nitrogens is 1. The Hall–Kier alpha value is -1.05. The molecule has 4 N–H and O–H groups in total. The number of nitrogens with two attached hydrogens (primary N) is 1. The minimum absolute atomic E-state index is 0.0448. The minimum Gasteiger partial charge on any atom is -0.484 e. The van der Waals surface area contributed by atoms with Crippen LogP contribution in [0.15, 0.2) is 0 Å². The molecule has 1 unspecified atom stereocenters. The quantitative estimate of drug-likeness (QED) is 0.663. The molecule has 0 fully saturated rings. The SMILES string of the molecule is COCC(O)CCNc1snc(N)c1OC(C)C. The van der Waals surface area contributed by atoms with Gasteiger partial charge in [0.15, 0.2) is 16.6 Å². The highest BCUT2D eigenvalue weighted by Crippen LogP contribution is 2.35. The van der Waals surface area contributed by atoms with E-state index in [2.05, 4.69) is 9.69 Å². The molecule has 7 heteroatoms. The monoisotopic (exact) mass is 275 g/mol. The highest BCUT2D eigenvalue weighted by atomic mass is 32.1. The van der Waals surface area contributed by atoms with Crippen molar-refractivity contribution in [2.45, 2.75) is 32.5 Å². The molecule has 0 aliphatic carbocycles. The van der Waals surface area contributed by atoms with Crippen molar-refractivity contribution in [1.29, 1.82) is 0 Å². The number of nitrogen functional groups attached to an aromatic ring is 1. The third-order valence-corrected chi connectivity index (χ3v) is 2.95. The van der Waals surface area contributed by atoms with Crippen LogP contribution in [0.4, 0.5) is 10.8 Å². The molecule has 0 aromatic carbocycles. The molecule has 0 saturated heterocycles. The number of hydrogen-bond acceptors (Lipinski definition) is 7. The standard InChI is InChI=1S/C11H21N3O3S/c1-7(2)17-9-10(12)14-18-11(9)13-5-4-8(15)6-16-3/h7-8,13,15H,4-6H2,1-3H3,(H2,12,14). The Morgan fingerprint density at radius 3 is 2.83 bits per heavy atom. The average Bonchev–Trinajstić information content (AvgIpc) is 2.61. The number of ether oxygens (including phenoxy) is 2. The fourth-order valence-corrected chi connectivity index (χ4v) is 2.06. The van der Waals surface area contributed by atoms with Gasteiger partial charge in [-0.15, -0.1) is 0 Å². The Kier molecular flexibility index (Phi) is 6.17. The van der Waals surface area contributed by atoms with Crippen molar-refractivity contribution < 1.29 is 14.6 Å². The first-order valence-electron chi connectivity index (χ1n) is 5.87. The maximum Gasteiger partial charge on any atom is 0.197 e. The maximum absolute atomic E-state index is 9.51. The Bertz CT molecular complexity index is 357. The second-order valence-electron chi connectivity index (χ2n) is 4.22. The highest BCUT2D eigenvalue weighted by molar-refractivity contribution is 7.11. The van der Waals surface area contributed by atoms with Crippen LogP contribution >= 0.6 is 11.5 Å². The van der Waals surface area contributed by atoms with E-state index in [4.69, 9.17) is 15.2 Å². The number of rotatable bonds is 8. The number of methoxy groups -OCH3 is 1. The van der Waals surface area contributed by atoms with E-state index in [1.54, 1.807) is 7.11 Å². The normalized spacial score (nSPS) is 12.7. The molecule has 104 valence electrons. The summed E-state index contributed by atoms with van der Waals surface area (Å²) in [6.45, 7) is 4.81. The second kappa shape index (κ2) is 7.40. The molecule has 0 radical (unpaired) electrons. The minimum atomic E-state index is -0.470. The molecule has 0 bridgehead atoms. The number of aliphatic hydroxyl groups excluding tert-OH is 1. The van der Waals surface area contributed by atoms with E-state index in [9.17, 15) is 5.11 Å². The van der Waals surface area contributed by atoms with Gasteiger partial charge in [0.1, 0.15) is 0 Å². The molecule has 18 heavy (non-hydrogen) atoms. The van der Waals surface area contributed by atoms with Crippen LogP contribution in [0.2, 0.25) is 0 Å². The zero-order chi connectivity index (χ0) is 13.5. The maximum atomic E-state index is 9.51. The molecule has 1 heterocycles. The van der Waals surface area contributed by atoms with Gasteiger partial charge in [-0.3, -0.25) is 0 Å². The van der Waals surface area contributed by atoms with E-state index in [0.717, 1.165) is 5.00 Å². The van der Waals surface area contributed by atoms with Crippen molar-refractivity contribution in [1.82, 2.24) is 4.37 Å². The summed E-state index contributed by atoms with van der Waals surface area (Å²) >= 11 is 1.26. The third kappa shape index (κ3) is 4.67. The summed E-state index contributed by atoms with van der Waals surface area (Å²) in [5.74, 6) is 0.991. The first-order chi connectivity index (χ1) is 8.54. The molecule has 1 aromatic rings. The van der Waals surface area contributed by atoms with Gasteiger partial charge in [0.2, 0.25) is 0 Å². The van der Waals surface area contributed by atoms with E-state index >= 15 is 0 Å². The lowest BCUT2D eigenvalue weighted by molar-refractivity contribution is 0.0615. The van der Waals surface area contributed by atoms with Crippen molar-refractivity contribution in [3.8, 4) is 5.75 Å². The molecule has 0 saturated carbocycles.